The molecule has 0 amide bonds. The predicted octanol–water partition coefficient (Wildman–Crippen LogP) is 3.82. The molecule has 0 bridgehead atoms. The summed E-state index contributed by atoms with van der Waals surface area (Å²) in [6, 6.07) is 2.01. The molecule has 6 heteroatoms. The third kappa shape index (κ3) is 3.55. The SMILES string of the molecule is CC=C(C(=O)OCC)C(=O)c1cc(F)c(Cl)cc1Cl. The Kier molecular flexibility index (Phi) is 5.51. The molecule has 0 saturated carbocycles. The van der Waals surface area contributed by atoms with Gasteiger partial charge in [0.2, 0.25) is 5.78 Å². The van der Waals surface area contributed by atoms with Crippen LogP contribution >= 0.6 is 23.2 Å². The monoisotopic (exact) mass is 304 g/mol. The average Bonchev–Trinajstić information content (AvgIpc) is 2.34. The number of allylic oxidation sites excluding steroid dienone is 1. The quantitative estimate of drug-likeness (QED) is 0.212. The minimum absolute atomic E-state index is 0.0277. The van der Waals surface area contributed by atoms with Gasteiger partial charge in [-0.1, -0.05) is 29.3 Å². The van der Waals surface area contributed by atoms with Crippen LogP contribution in [0, 0.1) is 5.82 Å². The van der Waals surface area contributed by atoms with E-state index in [2.05, 4.69) is 0 Å². The van der Waals surface area contributed by atoms with Crippen LogP contribution in [-0.2, 0) is 9.53 Å². The lowest BCUT2D eigenvalue weighted by Gasteiger charge is -2.08. The van der Waals surface area contributed by atoms with Gasteiger partial charge in [0.05, 0.1) is 16.7 Å². The van der Waals surface area contributed by atoms with Crippen molar-refractivity contribution in [2.45, 2.75) is 13.8 Å². The van der Waals surface area contributed by atoms with Gasteiger partial charge < -0.3 is 4.74 Å². The minimum atomic E-state index is -0.784. The standard InChI is InChI=1S/C13H11Cl2FO3/c1-3-7(13(18)19-4-2)12(17)8-5-11(16)10(15)6-9(8)14/h3,5-6H,4H2,1-2H3. The second-order valence-electron chi connectivity index (χ2n) is 3.50. The van der Waals surface area contributed by atoms with Crippen molar-refractivity contribution in [2.75, 3.05) is 6.61 Å². The molecule has 1 rings (SSSR count). The van der Waals surface area contributed by atoms with Crippen molar-refractivity contribution in [3.63, 3.8) is 0 Å². The predicted molar refractivity (Wildman–Crippen MR) is 71.1 cm³/mol. The summed E-state index contributed by atoms with van der Waals surface area (Å²) in [5.74, 6) is -2.27. The van der Waals surface area contributed by atoms with Crippen LogP contribution in [0.4, 0.5) is 4.39 Å². The third-order valence-electron chi connectivity index (χ3n) is 2.28. The fourth-order valence-electron chi connectivity index (χ4n) is 1.39. The normalized spacial score (nSPS) is 11.3. The Labute approximate surface area is 120 Å². The summed E-state index contributed by atoms with van der Waals surface area (Å²) in [5.41, 5.74) is -0.338. The highest BCUT2D eigenvalue weighted by atomic mass is 35.5. The Bertz CT molecular complexity index is 553. The zero-order valence-electron chi connectivity index (χ0n) is 10.3. The first-order valence-electron chi connectivity index (χ1n) is 5.45. The fraction of sp³-hybridized carbons (Fsp3) is 0.231. The van der Waals surface area contributed by atoms with E-state index in [9.17, 15) is 14.0 Å². The summed E-state index contributed by atoms with van der Waals surface area (Å²) in [7, 11) is 0. The smallest absolute Gasteiger partial charge is 0.341 e. The molecule has 0 aliphatic rings. The molecule has 1 aromatic carbocycles. The van der Waals surface area contributed by atoms with Crippen LogP contribution in [0.25, 0.3) is 0 Å². The first-order chi connectivity index (χ1) is 8.92. The van der Waals surface area contributed by atoms with Crippen molar-refractivity contribution in [3.05, 3.63) is 45.2 Å². The van der Waals surface area contributed by atoms with Gasteiger partial charge in [-0.05, 0) is 26.0 Å². The van der Waals surface area contributed by atoms with E-state index >= 15 is 0 Å². The summed E-state index contributed by atoms with van der Waals surface area (Å²) in [6.07, 6.45) is 1.29. The number of Topliss-reactive ketones (excluding diaryl/α,β-unsaturated/α-hetero) is 1. The summed E-state index contributed by atoms with van der Waals surface area (Å²) < 4.78 is 18.1. The van der Waals surface area contributed by atoms with Crippen molar-refractivity contribution < 1.29 is 18.7 Å². The maximum Gasteiger partial charge on any atom is 0.341 e. The summed E-state index contributed by atoms with van der Waals surface area (Å²) in [4.78, 5) is 23.7. The molecule has 102 valence electrons. The second-order valence-corrected chi connectivity index (χ2v) is 4.31. The molecule has 0 radical (unpaired) electrons. The zero-order chi connectivity index (χ0) is 14.6. The topological polar surface area (TPSA) is 43.4 Å². The fourth-order valence-corrected chi connectivity index (χ4v) is 1.86. The summed E-state index contributed by atoms with van der Waals surface area (Å²) >= 11 is 11.4. The number of ether oxygens (including phenoxy) is 1. The van der Waals surface area contributed by atoms with Crippen LogP contribution in [0.2, 0.25) is 10.0 Å². The Morgan fingerprint density at radius 1 is 1.32 bits per heavy atom. The van der Waals surface area contributed by atoms with Crippen molar-refractivity contribution in [3.8, 4) is 0 Å². The lowest BCUT2D eigenvalue weighted by molar-refractivity contribution is -0.138. The molecular weight excluding hydrogens is 294 g/mol. The summed E-state index contributed by atoms with van der Waals surface area (Å²) in [5, 5.41) is -0.222. The number of rotatable bonds is 4. The highest BCUT2D eigenvalue weighted by Crippen LogP contribution is 2.26. The largest absolute Gasteiger partial charge is 0.462 e. The zero-order valence-corrected chi connectivity index (χ0v) is 11.8. The molecule has 3 nitrogen and oxygen atoms in total. The molecule has 0 saturated heterocycles. The van der Waals surface area contributed by atoms with Crippen LogP contribution in [0.15, 0.2) is 23.8 Å². The molecule has 0 unspecified atom stereocenters. The lowest BCUT2D eigenvalue weighted by Crippen LogP contribution is -2.16. The van der Waals surface area contributed by atoms with E-state index in [1.165, 1.54) is 13.0 Å². The number of esters is 1. The number of carbonyl (C=O) groups excluding carboxylic acids is 2. The van der Waals surface area contributed by atoms with E-state index in [1.807, 2.05) is 0 Å². The summed E-state index contributed by atoms with van der Waals surface area (Å²) in [6.45, 7) is 3.25. The van der Waals surface area contributed by atoms with Crippen molar-refractivity contribution in [1.29, 1.82) is 0 Å². The molecule has 0 aromatic heterocycles. The van der Waals surface area contributed by atoms with Crippen molar-refractivity contribution >= 4 is 35.0 Å². The molecular formula is C13H11Cl2FO3. The van der Waals surface area contributed by atoms with Gasteiger partial charge in [0.1, 0.15) is 11.4 Å². The number of ketones is 1. The van der Waals surface area contributed by atoms with Crippen LogP contribution in [0.5, 0.6) is 0 Å². The van der Waals surface area contributed by atoms with E-state index < -0.39 is 17.6 Å². The molecule has 0 spiro atoms. The van der Waals surface area contributed by atoms with Gasteiger partial charge in [0, 0.05) is 5.56 Å². The minimum Gasteiger partial charge on any atom is -0.462 e. The van der Waals surface area contributed by atoms with Gasteiger partial charge >= 0.3 is 5.97 Å². The average molecular weight is 305 g/mol. The van der Waals surface area contributed by atoms with Crippen LogP contribution < -0.4 is 0 Å². The molecule has 0 aliphatic heterocycles. The Balaban J connectivity index is 3.19. The van der Waals surface area contributed by atoms with Gasteiger partial charge in [-0.25, -0.2) is 9.18 Å². The van der Waals surface area contributed by atoms with Crippen molar-refractivity contribution in [1.82, 2.24) is 0 Å². The Hall–Kier alpha value is -1.39. The molecule has 0 aliphatic carbocycles. The molecule has 0 atom stereocenters. The van der Waals surface area contributed by atoms with E-state index in [0.717, 1.165) is 12.1 Å². The second kappa shape index (κ2) is 6.68. The number of carbonyl (C=O) groups is 2. The number of benzene rings is 1. The van der Waals surface area contributed by atoms with Gasteiger partial charge in [0.15, 0.2) is 0 Å². The highest BCUT2D eigenvalue weighted by Gasteiger charge is 2.23. The third-order valence-corrected chi connectivity index (χ3v) is 2.89. The van der Waals surface area contributed by atoms with Gasteiger partial charge in [-0.3, -0.25) is 4.79 Å². The molecule has 1 aromatic rings. The lowest BCUT2D eigenvalue weighted by atomic mass is 10.0. The van der Waals surface area contributed by atoms with Gasteiger partial charge in [-0.15, -0.1) is 0 Å². The Morgan fingerprint density at radius 3 is 2.47 bits per heavy atom. The number of halogens is 3. The first-order valence-corrected chi connectivity index (χ1v) is 6.20. The maximum atomic E-state index is 13.4. The number of hydrogen-bond acceptors (Lipinski definition) is 3. The van der Waals surface area contributed by atoms with Crippen LogP contribution in [-0.4, -0.2) is 18.4 Å². The van der Waals surface area contributed by atoms with E-state index in [4.69, 9.17) is 27.9 Å². The van der Waals surface area contributed by atoms with Crippen molar-refractivity contribution in [2.24, 2.45) is 0 Å². The molecule has 19 heavy (non-hydrogen) atoms. The van der Waals surface area contributed by atoms with Crippen LogP contribution in [0.1, 0.15) is 24.2 Å². The van der Waals surface area contributed by atoms with Gasteiger partial charge in [0.25, 0.3) is 0 Å². The molecule has 0 heterocycles. The van der Waals surface area contributed by atoms with E-state index in [0.29, 0.717) is 0 Å². The van der Waals surface area contributed by atoms with E-state index in [1.54, 1.807) is 6.92 Å². The first kappa shape index (κ1) is 15.7. The molecule has 0 fully saturated rings. The maximum absolute atomic E-state index is 13.4. The van der Waals surface area contributed by atoms with E-state index in [-0.39, 0.29) is 27.8 Å². The molecule has 0 N–H and O–H groups in total. The Morgan fingerprint density at radius 2 is 1.95 bits per heavy atom. The highest BCUT2D eigenvalue weighted by molar-refractivity contribution is 6.39. The van der Waals surface area contributed by atoms with Crippen LogP contribution in [0.3, 0.4) is 0 Å². The van der Waals surface area contributed by atoms with Gasteiger partial charge in [-0.2, -0.15) is 0 Å². The number of hydrogen-bond donors (Lipinski definition) is 0.